The van der Waals surface area contributed by atoms with Gasteiger partial charge in [-0.25, -0.2) is 0 Å². The average Bonchev–Trinajstić information content (AvgIpc) is 3.43. The number of furan rings is 1. The number of methoxy groups -OCH3 is 1. The van der Waals surface area contributed by atoms with Crippen LogP contribution in [0.15, 0.2) is 47.1 Å². The van der Waals surface area contributed by atoms with Crippen molar-refractivity contribution in [3.05, 3.63) is 54.0 Å². The zero-order valence-electron chi connectivity index (χ0n) is 16.1. The van der Waals surface area contributed by atoms with E-state index in [2.05, 4.69) is 15.5 Å². The van der Waals surface area contributed by atoms with Gasteiger partial charge >= 0.3 is 0 Å². The number of nitrogens with zero attached hydrogens (tertiary/aromatic N) is 1. The zero-order valence-corrected chi connectivity index (χ0v) is 16.1. The molecule has 0 bridgehead atoms. The minimum absolute atomic E-state index is 0.0459. The van der Waals surface area contributed by atoms with Crippen LogP contribution in [0.4, 0.5) is 0 Å². The quantitative estimate of drug-likeness (QED) is 0.692. The molecule has 2 aromatic rings. The Balaban J connectivity index is 1.45. The summed E-state index contributed by atoms with van der Waals surface area (Å²) in [7, 11) is 1.52. The van der Waals surface area contributed by atoms with Gasteiger partial charge in [0.15, 0.2) is 0 Å². The lowest BCUT2D eigenvalue weighted by Gasteiger charge is -2.26. The summed E-state index contributed by atoms with van der Waals surface area (Å²) in [6, 6.07) is 10.9. The van der Waals surface area contributed by atoms with Crippen LogP contribution in [0.3, 0.4) is 0 Å². The molecule has 0 spiro atoms. The maximum Gasteiger partial charge on any atom is 0.255 e. The van der Waals surface area contributed by atoms with Crippen LogP contribution < -0.4 is 15.4 Å². The second-order valence-electron chi connectivity index (χ2n) is 6.78. The standard InChI is InChI=1S/C21H27N3O4/c1-27-18-8-3-2-7-16(18)21(26)22-11-10-20(25)23-15-17(19-9-6-14-28-19)24-12-4-5-13-24/h2-3,6-9,14,17H,4-5,10-13,15H2,1H3,(H,22,26)(H,23,25)/t17-/m0/s1. The van der Waals surface area contributed by atoms with Crippen molar-refractivity contribution in [2.24, 2.45) is 0 Å². The molecule has 28 heavy (non-hydrogen) atoms. The molecule has 3 rings (SSSR count). The molecule has 150 valence electrons. The second kappa shape index (κ2) is 9.94. The van der Waals surface area contributed by atoms with Gasteiger partial charge in [0.1, 0.15) is 11.5 Å². The van der Waals surface area contributed by atoms with Crippen molar-refractivity contribution in [3.63, 3.8) is 0 Å². The maximum absolute atomic E-state index is 12.3. The predicted molar refractivity (Wildman–Crippen MR) is 105 cm³/mol. The van der Waals surface area contributed by atoms with Crippen LogP contribution in [0.5, 0.6) is 5.75 Å². The first kappa shape index (κ1) is 19.9. The van der Waals surface area contributed by atoms with Crippen LogP contribution in [0.25, 0.3) is 0 Å². The van der Waals surface area contributed by atoms with Crippen LogP contribution in [0, 0.1) is 0 Å². The lowest BCUT2D eigenvalue weighted by Crippen LogP contribution is -2.38. The summed E-state index contributed by atoms with van der Waals surface area (Å²) in [5, 5.41) is 5.73. The van der Waals surface area contributed by atoms with E-state index in [1.165, 1.54) is 20.0 Å². The van der Waals surface area contributed by atoms with E-state index >= 15 is 0 Å². The third-order valence-electron chi connectivity index (χ3n) is 4.93. The Morgan fingerprint density at radius 1 is 1.14 bits per heavy atom. The molecule has 7 heteroatoms. The van der Waals surface area contributed by atoms with Crippen LogP contribution >= 0.6 is 0 Å². The van der Waals surface area contributed by atoms with E-state index < -0.39 is 0 Å². The lowest BCUT2D eigenvalue weighted by molar-refractivity contribution is -0.121. The normalized spacial score (nSPS) is 15.2. The third kappa shape index (κ3) is 5.13. The highest BCUT2D eigenvalue weighted by Gasteiger charge is 2.25. The predicted octanol–water partition coefficient (Wildman–Crippen LogP) is 2.36. The molecular formula is C21H27N3O4. The highest BCUT2D eigenvalue weighted by Crippen LogP contribution is 2.24. The first-order valence-electron chi connectivity index (χ1n) is 9.64. The van der Waals surface area contributed by atoms with Crippen molar-refractivity contribution in [1.82, 2.24) is 15.5 Å². The summed E-state index contributed by atoms with van der Waals surface area (Å²) >= 11 is 0. The average molecular weight is 385 g/mol. The van der Waals surface area contributed by atoms with Crippen molar-refractivity contribution in [3.8, 4) is 5.75 Å². The Morgan fingerprint density at radius 3 is 2.64 bits per heavy atom. The molecule has 2 heterocycles. The van der Waals surface area contributed by atoms with Crippen LogP contribution in [0.1, 0.15) is 41.4 Å². The van der Waals surface area contributed by atoms with Crippen molar-refractivity contribution in [2.45, 2.75) is 25.3 Å². The topological polar surface area (TPSA) is 83.8 Å². The van der Waals surface area contributed by atoms with Crippen molar-refractivity contribution >= 4 is 11.8 Å². The Labute approximate surface area is 165 Å². The van der Waals surface area contributed by atoms with Gasteiger partial charge in [-0.1, -0.05) is 12.1 Å². The van der Waals surface area contributed by atoms with Crippen molar-refractivity contribution in [1.29, 1.82) is 0 Å². The molecule has 7 nitrogen and oxygen atoms in total. The van der Waals surface area contributed by atoms with E-state index in [0.717, 1.165) is 18.8 Å². The molecule has 2 N–H and O–H groups in total. The molecule has 1 saturated heterocycles. The van der Waals surface area contributed by atoms with E-state index in [1.54, 1.807) is 30.5 Å². The highest BCUT2D eigenvalue weighted by molar-refractivity contribution is 5.97. The summed E-state index contributed by atoms with van der Waals surface area (Å²) in [6.45, 7) is 2.77. The van der Waals surface area contributed by atoms with E-state index in [9.17, 15) is 9.59 Å². The number of nitrogens with one attached hydrogen (secondary N) is 2. The minimum Gasteiger partial charge on any atom is -0.496 e. The number of carbonyl (C=O) groups is 2. The number of carbonyl (C=O) groups excluding carboxylic acids is 2. The molecule has 0 aliphatic carbocycles. The van der Waals surface area contributed by atoms with Crippen molar-refractivity contribution in [2.75, 3.05) is 33.3 Å². The Kier molecular flexibility index (Phi) is 7.08. The summed E-state index contributed by atoms with van der Waals surface area (Å²) in [6.07, 6.45) is 4.21. The summed E-state index contributed by atoms with van der Waals surface area (Å²) < 4.78 is 10.8. The zero-order chi connectivity index (χ0) is 19.8. The fourth-order valence-electron chi connectivity index (χ4n) is 3.46. The molecule has 1 aliphatic heterocycles. The SMILES string of the molecule is COc1ccccc1C(=O)NCCC(=O)NC[C@@H](c1ccco1)N1CCCC1. The summed E-state index contributed by atoms with van der Waals surface area (Å²) in [4.78, 5) is 26.8. The van der Waals surface area contributed by atoms with E-state index in [1.807, 2.05) is 12.1 Å². The largest absolute Gasteiger partial charge is 0.496 e. The fraction of sp³-hybridized carbons (Fsp3) is 0.429. The second-order valence-corrected chi connectivity index (χ2v) is 6.78. The smallest absolute Gasteiger partial charge is 0.255 e. The molecule has 0 unspecified atom stereocenters. The Hall–Kier alpha value is -2.80. The van der Waals surface area contributed by atoms with Gasteiger partial charge < -0.3 is 19.8 Å². The van der Waals surface area contributed by atoms with Crippen molar-refractivity contribution < 1.29 is 18.7 Å². The lowest BCUT2D eigenvalue weighted by atomic mass is 10.2. The third-order valence-corrected chi connectivity index (χ3v) is 4.93. The van der Waals surface area contributed by atoms with Gasteiger partial charge in [-0.2, -0.15) is 0 Å². The van der Waals surface area contributed by atoms with Gasteiger partial charge in [-0.15, -0.1) is 0 Å². The monoisotopic (exact) mass is 385 g/mol. The van der Waals surface area contributed by atoms with Crippen LogP contribution in [-0.2, 0) is 4.79 Å². The first-order chi connectivity index (χ1) is 13.7. The molecule has 1 aromatic heterocycles. The van der Waals surface area contributed by atoms with E-state index in [0.29, 0.717) is 17.9 Å². The molecule has 1 aromatic carbocycles. The van der Waals surface area contributed by atoms with Gasteiger partial charge in [0.25, 0.3) is 5.91 Å². The van der Waals surface area contributed by atoms with Gasteiger partial charge in [0, 0.05) is 19.5 Å². The molecular weight excluding hydrogens is 358 g/mol. The van der Waals surface area contributed by atoms with E-state index in [-0.39, 0.29) is 30.8 Å². The summed E-state index contributed by atoms with van der Waals surface area (Å²) in [5.41, 5.74) is 0.456. The number of hydrogen-bond acceptors (Lipinski definition) is 5. The number of amides is 2. The summed E-state index contributed by atoms with van der Waals surface area (Å²) in [5.74, 6) is 1.02. The molecule has 1 atom stereocenters. The van der Waals surface area contributed by atoms with Gasteiger partial charge in [-0.3, -0.25) is 14.5 Å². The van der Waals surface area contributed by atoms with Crippen LogP contribution in [0.2, 0.25) is 0 Å². The number of rotatable bonds is 9. The maximum atomic E-state index is 12.3. The molecule has 0 radical (unpaired) electrons. The first-order valence-corrected chi connectivity index (χ1v) is 9.64. The van der Waals surface area contributed by atoms with Gasteiger partial charge in [0.2, 0.25) is 5.91 Å². The number of hydrogen-bond donors (Lipinski definition) is 2. The fourth-order valence-corrected chi connectivity index (χ4v) is 3.46. The number of likely N-dealkylation sites (tertiary alicyclic amines) is 1. The number of ether oxygens (including phenoxy) is 1. The van der Waals surface area contributed by atoms with E-state index in [4.69, 9.17) is 9.15 Å². The molecule has 0 saturated carbocycles. The Bertz CT molecular complexity index is 770. The minimum atomic E-state index is -0.254. The Morgan fingerprint density at radius 2 is 1.93 bits per heavy atom. The van der Waals surface area contributed by atoms with Crippen LogP contribution in [-0.4, -0.2) is 50.0 Å². The van der Waals surface area contributed by atoms with Gasteiger partial charge in [-0.05, 0) is 50.2 Å². The van der Waals surface area contributed by atoms with Gasteiger partial charge in [0.05, 0.1) is 25.0 Å². The number of benzene rings is 1. The molecule has 2 amide bonds. The highest BCUT2D eigenvalue weighted by atomic mass is 16.5. The number of para-hydroxylation sites is 1. The molecule has 1 aliphatic rings. The molecule has 1 fully saturated rings.